The second-order valence-electron chi connectivity index (χ2n) is 12.8. The number of phenols is 1. The summed E-state index contributed by atoms with van der Waals surface area (Å²) in [7, 11) is 0. The van der Waals surface area contributed by atoms with Crippen LogP contribution >= 0.6 is 0 Å². The van der Waals surface area contributed by atoms with Crippen LogP contribution in [0.15, 0.2) is 97.5 Å². The van der Waals surface area contributed by atoms with Crippen LogP contribution in [-0.2, 0) is 20.1 Å². The zero-order chi connectivity index (χ0) is 32.2. The van der Waals surface area contributed by atoms with E-state index in [1.807, 2.05) is 30.6 Å². The molecule has 4 aromatic carbocycles. The van der Waals surface area contributed by atoms with Crippen molar-refractivity contribution < 1.29 is 25.2 Å². The predicted molar refractivity (Wildman–Crippen MR) is 188 cm³/mol. The average Bonchev–Trinajstić information content (AvgIpc) is 3.49. The van der Waals surface area contributed by atoms with Gasteiger partial charge in [-0.1, -0.05) is 104 Å². The number of phenolic OH excluding ortho intramolecular Hbond substituents is 1. The topological polar surface area (TPSA) is 50.9 Å². The summed E-state index contributed by atoms with van der Waals surface area (Å²) in [6, 6.07) is 30.3. The first-order valence-corrected chi connectivity index (χ1v) is 15.9. The summed E-state index contributed by atoms with van der Waals surface area (Å²) in [4.78, 5) is 9.13. The number of nitrogens with zero attached hydrogens (tertiary/aromatic N) is 3. The van der Waals surface area contributed by atoms with Crippen LogP contribution in [0, 0.1) is 19.9 Å². The van der Waals surface area contributed by atoms with Gasteiger partial charge in [0.1, 0.15) is 11.6 Å². The van der Waals surface area contributed by atoms with E-state index < -0.39 is 0 Å². The van der Waals surface area contributed by atoms with Gasteiger partial charge in [-0.05, 0) is 69.1 Å². The molecule has 0 amide bonds. The van der Waals surface area contributed by atoms with E-state index in [4.69, 9.17) is 0 Å². The summed E-state index contributed by atoms with van der Waals surface area (Å²) in [5, 5.41) is 12.7. The van der Waals surface area contributed by atoms with Gasteiger partial charge in [-0.15, -0.1) is 34.9 Å². The number of hydrogen-bond donors (Lipinski definition) is 1. The molecule has 6 aromatic rings. The van der Waals surface area contributed by atoms with Gasteiger partial charge in [-0.3, -0.25) is 4.57 Å². The molecule has 2 aromatic heterocycles. The van der Waals surface area contributed by atoms with Crippen molar-refractivity contribution in [3.63, 3.8) is 0 Å². The number of aromatic nitrogens is 3. The average molecular weight is 787 g/mol. The largest absolute Gasteiger partial charge is 0.507 e. The van der Waals surface area contributed by atoms with E-state index in [2.05, 4.69) is 131 Å². The molecule has 0 bridgehead atoms. The minimum Gasteiger partial charge on any atom is -0.507 e. The number of aromatic hydroxyl groups is 1. The Labute approximate surface area is 287 Å². The zero-order valence-corrected chi connectivity index (χ0v) is 30.5. The monoisotopic (exact) mass is 787 g/mol. The predicted octanol–water partition coefficient (Wildman–Crippen LogP) is 10.9. The van der Waals surface area contributed by atoms with Crippen LogP contribution in [0.4, 0.5) is 0 Å². The maximum Gasteiger partial charge on any atom is 0.148 e. The van der Waals surface area contributed by atoms with E-state index >= 15 is 0 Å². The molecule has 2 heterocycles. The van der Waals surface area contributed by atoms with Gasteiger partial charge in [-0.25, -0.2) is 4.98 Å². The van der Waals surface area contributed by atoms with Crippen molar-refractivity contribution in [3.8, 4) is 34.1 Å². The summed E-state index contributed by atoms with van der Waals surface area (Å²) in [5.41, 5.74) is 10.4. The fourth-order valence-electron chi connectivity index (χ4n) is 5.93. The van der Waals surface area contributed by atoms with Crippen molar-refractivity contribution in [3.05, 3.63) is 131 Å². The Morgan fingerprint density at radius 2 is 1.41 bits per heavy atom. The van der Waals surface area contributed by atoms with Gasteiger partial charge in [0, 0.05) is 38.7 Å². The van der Waals surface area contributed by atoms with Crippen molar-refractivity contribution >= 4 is 10.8 Å². The SMILES string of the molecule is CC(C)c1cccc(C(C)C)c1-n1ccnc1-c1ccccc1O.Cc1[c-]c(-c2nccc3cc(C(C)C)ccc23)cc(C)c1.[Ir]. The van der Waals surface area contributed by atoms with Crippen LogP contribution < -0.4 is 0 Å². The van der Waals surface area contributed by atoms with Gasteiger partial charge in [0.05, 0.1) is 11.3 Å². The Morgan fingerprint density at radius 3 is 2.04 bits per heavy atom. The number of hydrogen-bond acceptors (Lipinski definition) is 3. The number of pyridine rings is 1. The molecule has 0 atom stereocenters. The quantitative estimate of drug-likeness (QED) is 0.171. The molecule has 5 heteroatoms. The Bertz CT molecular complexity index is 1890. The first kappa shape index (κ1) is 34.8. The van der Waals surface area contributed by atoms with Gasteiger partial charge < -0.3 is 10.1 Å². The third-order valence-electron chi connectivity index (χ3n) is 8.23. The molecule has 0 fully saturated rings. The first-order valence-electron chi connectivity index (χ1n) is 15.9. The molecule has 0 aliphatic heterocycles. The van der Waals surface area contributed by atoms with Crippen LogP contribution in [0.5, 0.6) is 5.75 Å². The van der Waals surface area contributed by atoms with E-state index in [9.17, 15) is 5.11 Å². The summed E-state index contributed by atoms with van der Waals surface area (Å²) < 4.78 is 2.11. The molecular weight excluding hydrogens is 743 g/mol. The van der Waals surface area contributed by atoms with Crippen molar-refractivity contribution in [2.45, 2.75) is 73.1 Å². The van der Waals surface area contributed by atoms with Gasteiger partial charge in [0.2, 0.25) is 0 Å². The second-order valence-corrected chi connectivity index (χ2v) is 12.8. The minimum atomic E-state index is 0. The fraction of sp³-hybridized carbons (Fsp3) is 0.268. The van der Waals surface area contributed by atoms with E-state index in [1.165, 1.54) is 38.7 Å². The standard InChI is InChI=1S/C21H24N2O.C20H20N.Ir/c1-14(2)16-9-7-10-17(15(3)4)20(16)23-13-12-22-21(23)18-8-5-6-11-19(18)24;1-13(2)16-5-6-19-17(12-16)7-8-21-20(19)18-10-14(3)9-15(4)11-18;/h5-15,24H,1-4H3;5-10,12-13H,1-4H3;/q;-1;. The Balaban J connectivity index is 0.000000206. The summed E-state index contributed by atoms with van der Waals surface area (Å²) in [6.45, 7) is 17.5. The van der Waals surface area contributed by atoms with Gasteiger partial charge in [0.25, 0.3) is 0 Å². The molecule has 239 valence electrons. The summed E-state index contributed by atoms with van der Waals surface area (Å²) in [5.74, 6) is 2.36. The first-order chi connectivity index (χ1) is 21.5. The second kappa shape index (κ2) is 15.0. The van der Waals surface area contributed by atoms with Crippen molar-refractivity contribution in [1.29, 1.82) is 0 Å². The molecule has 0 aliphatic rings. The number of benzene rings is 4. The van der Waals surface area contributed by atoms with Crippen LogP contribution in [0.1, 0.15) is 87.1 Å². The fourth-order valence-corrected chi connectivity index (χ4v) is 5.93. The molecule has 4 nitrogen and oxygen atoms in total. The summed E-state index contributed by atoms with van der Waals surface area (Å²) in [6.07, 6.45) is 5.67. The van der Waals surface area contributed by atoms with Crippen LogP contribution in [-0.4, -0.2) is 19.6 Å². The van der Waals surface area contributed by atoms with Crippen molar-refractivity contribution in [2.24, 2.45) is 0 Å². The number of rotatable bonds is 6. The maximum atomic E-state index is 10.3. The number of aryl methyl sites for hydroxylation is 2. The number of fused-ring (bicyclic) bond motifs is 1. The Morgan fingerprint density at radius 1 is 0.717 bits per heavy atom. The molecule has 0 unspecified atom stereocenters. The normalized spacial score (nSPS) is 11.1. The molecular formula is C41H44IrN3O-. The van der Waals surface area contributed by atoms with E-state index in [-0.39, 0.29) is 25.9 Å². The van der Waals surface area contributed by atoms with Crippen LogP contribution in [0.25, 0.3) is 39.1 Å². The van der Waals surface area contributed by atoms with Crippen LogP contribution in [0.3, 0.4) is 0 Å². The molecule has 0 aliphatic carbocycles. The van der Waals surface area contributed by atoms with E-state index in [0.717, 1.165) is 28.2 Å². The zero-order valence-electron chi connectivity index (χ0n) is 28.1. The molecule has 1 N–H and O–H groups in total. The maximum absolute atomic E-state index is 10.3. The summed E-state index contributed by atoms with van der Waals surface area (Å²) >= 11 is 0. The minimum absolute atomic E-state index is 0. The van der Waals surface area contributed by atoms with Crippen molar-refractivity contribution in [2.75, 3.05) is 0 Å². The Kier molecular flexibility index (Phi) is 11.4. The van der Waals surface area contributed by atoms with Crippen LogP contribution in [0.2, 0.25) is 0 Å². The number of imidazole rings is 1. The molecule has 46 heavy (non-hydrogen) atoms. The molecule has 6 rings (SSSR count). The van der Waals surface area contributed by atoms with Gasteiger partial charge in [0.15, 0.2) is 0 Å². The smallest absolute Gasteiger partial charge is 0.148 e. The van der Waals surface area contributed by atoms with E-state index in [1.54, 1.807) is 12.3 Å². The molecule has 0 spiro atoms. The molecule has 0 saturated heterocycles. The molecule has 1 radical (unpaired) electrons. The number of para-hydroxylation sites is 2. The van der Waals surface area contributed by atoms with Gasteiger partial charge in [-0.2, -0.15) is 0 Å². The van der Waals surface area contributed by atoms with Crippen molar-refractivity contribution in [1.82, 2.24) is 14.5 Å². The third-order valence-corrected chi connectivity index (χ3v) is 8.23. The van der Waals surface area contributed by atoms with E-state index in [0.29, 0.717) is 17.8 Å². The third kappa shape index (κ3) is 7.49. The van der Waals surface area contributed by atoms with Gasteiger partial charge >= 0.3 is 0 Å². The molecule has 0 saturated carbocycles. The Hall–Kier alpha value is -4.05.